The van der Waals surface area contributed by atoms with Crippen LogP contribution in [-0.2, 0) is 6.54 Å². The smallest absolute Gasteiger partial charge is 0.297 e. The standard InChI is InChI=1S/C18H14ClN3O2/c1-10-7-11(2)21-17-14(10)15-16(24-17)18(23)22(9-20-15)8-12-3-5-13(19)6-4-12/h3-7,9H,8H2,1-2H3. The van der Waals surface area contributed by atoms with E-state index in [1.165, 1.54) is 4.57 Å². The number of fused-ring (bicyclic) bond motifs is 3. The largest absolute Gasteiger partial charge is 0.430 e. The molecule has 4 rings (SSSR count). The number of aromatic nitrogens is 3. The van der Waals surface area contributed by atoms with Gasteiger partial charge in [-0.15, -0.1) is 0 Å². The molecule has 0 radical (unpaired) electrons. The van der Waals surface area contributed by atoms with E-state index < -0.39 is 0 Å². The predicted octanol–water partition coefficient (Wildman–Crippen LogP) is 3.86. The van der Waals surface area contributed by atoms with Gasteiger partial charge in [-0.3, -0.25) is 9.36 Å². The molecular weight excluding hydrogens is 326 g/mol. The molecule has 0 aliphatic carbocycles. The van der Waals surface area contributed by atoms with Gasteiger partial charge < -0.3 is 4.42 Å². The second kappa shape index (κ2) is 5.46. The summed E-state index contributed by atoms with van der Waals surface area (Å²) in [6, 6.07) is 9.31. The Morgan fingerprint density at radius 2 is 1.96 bits per heavy atom. The molecule has 0 spiro atoms. The SMILES string of the molecule is Cc1cc(C)c2c(n1)oc1c(=O)n(Cc3ccc(Cl)cc3)cnc12. The summed E-state index contributed by atoms with van der Waals surface area (Å²) in [7, 11) is 0. The number of benzene rings is 1. The van der Waals surface area contributed by atoms with Crippen LogP contribution in [0.4, 0.5) is 0 Å². The maximum atomic E-state index is 12.7. The summed E-state index contributed by atoms with van der Waals surface area (Å²) in [4.78, 5) is 21.5. The van der Waals surface area contributed by atoms with Gasteiger partial charge in [0.1, 0.15) is 5.52 Å². The number of nitrogens with zero attached hydrogens (tertiary/aromatic N) is 3. The zero-order valence-electron chi connectivity index (χ0n) is 13.2. The van der Waals surface area contributed by atoms with Gasteiger partial charge in [-0.05, 0) is 43.2 Å². The van der Waals surface area contributed by atoms with Gasteiger partial charge >= 0.3 is 0 Å². The summed E-state index contributed by atoms with van der Waals surface area (Å²) in [6.07, 6.45) is 1.55. The molecule has 0 N–H and O–H groups in total. The molecule has 0 bridgehead atoms. The summed E-state index contributed by atoms with van der Waals surface area (Å²) in [5.41, 5.74) is 3.85. The molecule has 0 unspecified atom stereocenters. The zero-order valence-corrected chi connectivity index (χ0v) is 14.0. The van der Waals surface area contributed by atoms with E-state index in [1.807, 2.05) is 32.0 Å². The Hall–Kier alpha value is -2.66. The number of hydrogen-bond donors (Lipinski definition) is 0. The molecule has 24 heavy (non-hydrogen) atoms. The summed E-state index contributed by atoms with van der Waals surface area (Å²) in [5.74, 6) is 0. The van der Waals surface area contributed by atoms with Crippen molar-refractivity contribution >= 4 is 33.8 Å². The van der Waals surface area contributed by atoms with Crippen LogP contribution in [0.15, 0.2) is 45.9 Å². The third-order valence-corrected chi connectivity index (χ3v) is 4.26. The summed E-state index contributed by atoms with van der Waals surface area (Å²) in [6.45, 7) is 4.26. The van der Waals surface area contributed by atoms with Crippen molar-refractivity contribution in [3.05, 3.63) is 68.9 Å². The number of hydrogen-bond acceptors (Lipinski definition) is 4. The van der Waals surface area contributed by atoms with Gasteiger partial charge in [0, 0.05) is 10.7 Å². The van der Waals surface area contributed by atoms with Crippen LogP contribution in [0.25, 0.3) is 22.2 Å². The Kier molecular flexibility index (Phi) is 3.39. The summed E-state index contributed by atoms with van der Waals surface area (Å²) in [5, 5.41) is 1.46. The first kappa shape index (κ1) is 14.9. The lowest BCUT2D eigenvalue weighted by molar-refractivity contribution is 0.630. The zero-order chi connectivity index (χ0) is 16.8. The summed E-state index contributed by atoms with van der Waals surface area (Å²) < 4.78 is 7.24. The van der Waals surface area contributed by atoms with E-state index in [2.05, 4.69) is 9.97 Å². The van der Waals surface area contributed by atoms with Crippen LogP contribution >= 0.6 is 11.6 Å². The van der Waals surface area contributed by atoms with Gasteiger partial charge in [0.05, 0.1) is 18.3 Å². The highest BCUT2D eigenvalue weighted by molar-refractivity contribution is 6.30. The third kappa shape index (κ3) is 2.37. The molecule has 4 aromatic rings. The fraction of sp³-hybridized carbons (Fsp3) is 0.167. The summed E-state index contributed by atoms with van der Waals surface area (Å²) >= 11 is 5.89. The van der Waals surface area contributed by atoms with E-state index in [0.29, 0.717) is 22.8 Å². The number of pyridine rings is 1. The second-order valence-corrected chi connectivity index (χ2v) is 6.28. The predicted molar refractivity (Wildman–Crippen MR) is 93.6 cm³/mol. The van der Waals surface area contributed by atoms with Crippen LogP contribution < -0.4 is 5.56 Å². The Balaban J connectivity index is 1.89. The highest BCUT2D eigenvalue weighted by Gasteiger charge is 2.16. The van der Waals surface area contributed by atoms with Gasteiger partial charge in [-0.2, -0.15) is 0 Å². The van der Waals surface area contributed by atoms with Crippen LogP contribution in [0.5, 0.6) is 0 Å². The van der Waals surface area contributed by atoms with Crippen LogP contribution in [0.1, 0.15) is 16.8 Å². The van der Waals surface area contributed by atoms with Crippen molar-refractivity contribution in [1.29, 1.82) is 0 Å². The lowest BCUT2D eigenvalue weighted by Crippen LogP contribution is -2.20. The molecule has 3 heterocycles. The van der Waals surface area contributed by atoms with Crippen molar-refractivity contribution in [1.82, 2.24) is 14.5 Å². The highest BCUT2D eigenvalue weighted by atomic mass is 35.5. The normalized spacial score (nSPS) is 11.5. The van der Waals surface area contributed by atoms with Gasteiger partial charge in [-0.1, -0.05) is 23.7 Å². The molecule has 3 aromatic heterocycles. The Morgan fingerprint density at radius 1 is 1.21 bits per heavy atom. The highest BCUT2D eigenvalue weighted by Crippen LogP contribution is 2.26. The van der Waals surface area contributed by atoms with Crippen LogP contribution in [0.2, 0.25) is 5.02 Å². The van der Waals surface area contributed by atoms with Crippen LogP contribution in [0.3, 0.4) is 0 Å². The third-order valence-electron chi connectivity index (χ3n) is 4.01. The van der Waals surface area contributed by atoms with Crippen molar-refractivity contribution in [2.24, 2.45) is 0 Å². The van der Waals surface area contributed by atoms with Crippen molar-refractivity contribution < 1.29 is 4.42 Å². The first-order valence-electron chi connectivity index (χ1n) is 7.53. The number of rotatable bonds is 2. The minimum absolute atomic E-state index is 0.218. The molecule has 0 atom stereocenters. The molecule has 1 aromatic carbocycles. The molecular formula is C18H14ClN3O2. The van der Waals surface area contributed by atoms with Gasteiger partial charge in [0.2, 0.25) is 11.3 Å². The molecule has 0 aliphatic heterocycles. The quantitative estimate of drug-likeness (QED) is 0.556. The van der Waals surface area contributed by atoms with Crippen molar-refractivity contribution in [3.8, 4) is 0 Å². The molecule has 0 saturated carbocycles. The molecule has 0 saturated heterocycles. The fourth-order valence-corrected chi connectivity index (χ4v) is 3.03. The topological polar surface area (TPSA) is 60.9 Å². The Bertz CT molecular complexity index is 1130. The van der Waals surface area contributed by atoms with E-state index in [-0.39, 0.29) is 11.1 Å². The Morgan fingerprint density at radius 3 is 2.71 bits per heavy atom. The maximum Gasteiger partial charge on any atom is 0.297 e. The van der Waals surface area contributed by atoms with E-state index >= 15 is 0 Å². The average molecular weight is 340 g/mol. The first-order valence-corrected chi connectivity index (χ1v) is 7.91. The molecule has 0 fully saturated rings. The van der Waals surface area contributed by atoms with E-state index in [0.717, 1.165) is 22.2 Å². The lowest BCUT2D eigenvalue weighted by Gasteiger charge is -2.05. The second-order valence-electron chi connectivity index (χ2n) is 5.84. The van der Waals surface area contributed by atoms with Crippen molar-refractivity contribution in [2.45, 2.75) is 20.4 Å². The van der Waals surface area contributed by atoms with E-state index in [4.69, 9.17) is 16.0 Å². The fourth-order valence-electron chi connectivity index (χ4n) is 2.90. The van der Waals surface area contributed by atoms with E-state index in [1.54, 1.807) is 18.5 Å². The van der Waals surface area contributed by atoms with Gasteiger partial charge in [0.15, 0.2) is 0 Å². The van der Waals surface area contributed by atoms with Crippen LogP contribution in [0, 0.1) is 13.8 Å². The molecule has 6 heteroatoms. The molecule has 0 amide bonds. The lowest BCUT2D eigenvalue weighted by atomic mass is 10.1. The first-order chi connectivity index (χ1) is 11.5. The molecule has 120 valence electrons. The number of furan rings is 1. The average Bonchev–Trinajstić information content (AvgIpc) is 2.91. The van der Waals surface area contributed by atoms with Crippen molar-refractivity contribution in [2.75, 3.05) is 0 Å². The molecule has 5 nitrogen and oxygen atoms in total. The monoisotopic (exact) mass is 339 g/mol. The van der Waals surface area contributed by atoms with Gasteiger partial charge in [0.25, 0.3) is 5.56 Å². The Labute approximate surface area is 142 Å². The van der Waals surface area contributed by atoms with E-state index in [9.17, 15) is 4.79 Å². The minimum atomic E-state index is -0.218. The van der Waals surface area contributed by atoms with Crippen LogP contribution in [-0.4, -0.2) is 14.5 Å². The number of halogens is 1. The minimum Gasteiger partial charge on any atom is -0.430 e. The molecule has 0 aliphatic rings. The van der Waals surface area contributed by atoms with Gasteiger partial charge in [-0.25, -0.2) is 9.97 Å². The number of aryl methyl sites for hydroxylation is 2. The van der Waals surface area contributed by atoms with Crippen molar-refractivity contribution in [3.63, 3.8) is 0 Å². The maximum absolute atomic E-state index is 12.7.